The standard InChI is InChI=1S/C26H41NO2/c1-19-8-13-26(4)23(29-5)22(10-14-25(19,26)3)24(2)12-9-21(28)18-20(24)11-17-27-15-6-7-16-27/h6-7,15-16,20-23,28H,1,8-14,17-18H2,2-5H3. The van der Waals surface area contributed by atoms with Crippen molar-refractivity contribution >= 4 is 0 Å². The summed E-state index contributed by atoms with van der Waals surface area (Å²) >= 11 is 0. The SMILES string of the molecule is C=C1CCC2(C)C(OC)C(C3(C)CCC(O)CC3CCn3cccc3)CCC12C. The van der Waals surface area contributed by atoms with E-state index in [1.54, 1.807) is 0 Å². The Morgan fingerprint density at radius 3 is 2.55 bits per heavy atom. The molecule has 1 aromatic heterocycles. The van der Waals surface area contributed by atoms with Gasteiger partial charge in [0, 0.05) is 31.5 Å². The second-order valence-corrected chi connectivity index (χ2v) is 11.0. The van der Waals surface area contributed by atoms with Crippen molar-refractivity contribution in [2.45, 2.75) is 90.9 Å². The monoisotopic (exact) mass is 399 g/mol. The van der Waals surface area contributed by atoms with E-state index in [0.717, 1.165) is 38.6 Å². The van der Waals surface area contributed by atoms with Gasteiger partial charge in [0.05, 0.1) is 12.2 Å². The molecule has 3 fully saturated rings. The quantitative estimate of drug-likeness (QED) is 0.632. The topological polar surface area (TPSA) is 34.4 Å². The highest BCUT2D eigenvalue weighted by molar-refractivity contribution is 5.26. The van der Waals surface area contributed by atoms with Crippen molar-refractivity contribution in [3.05, 3.63) is 36.7 Å². The lowest BCUT2D eigenvalue weighted by Gasteiger charge is -2.60. The Morgan fingerprint density at radius 2 is 1.86 bits per heavy atom. The number of ether oxygens (including phenoxy) is 1. The Hall–Kier alpha value is -1.06. The fraction of sp³-hybridized carbons (Fsp3) is 0.769. The molecule has 0 aromatic carbocycles. The average molecular weight is 400 g/mol. The number of aliphatic hydroxyl groups excluding tert-OH is 1. The summed E-state index contributed by atoms with van der Waals surface area (Å²) in [6.07, 6.45) is 13.4. The van der Waals surface area contributed by atoms with Gasteiger partial charge in [0.25, 0.3) is 0 Å². The molecule has 0 bridgehead atoms. The van der Waals surface area contributed by atoms with Crippen molar-refractivity contribution in [2.75, 3.05) is 7.11 Å². The van der Waals surface area contributed by atoms with Crippen LogP contribution in [0, 0.1) is 28.1 Å². The Labute approximate surface area is 177 Å². The van der Waals surface area contributed by atoms with Crippen LogP contribution in [0.1, 0.15) is 72.1 Å². The van der Waals surface area contributed by atoms with Gasteiger partial charge in [-0.25, -0.2) is 0 Å². The van der Waals surface area contributed by atoms with Crippen LogP contribution in [0.15, 0.2) is 36.7 Å². The molecule has 0 spiro atoms. The van der Waals surface area contributed by atoms with Crippen molar-refractivity contribution in [1.29, 1.82) is 0 Å². The lowest BCUT2D eigenvalue weighted by atomic mass is 9.47. The van der Waals surface area contributed by atoms with E-state index in [-0.39, 0.29) is 28.5 Å². The Balaban J connectivity index is 1.62. The molecule has 1 aromatic rings. The van der Waals surface area contributed by atoms with Gasteiger partial charge >= 0.3 is 0 Å². The number of methoxy groups -OCH3 is 1. The number of rotatable bonds is 5. The Morgan fingerprint density at radius 1 is 1.14 bits per heavy atom. The van der Waals surface area contributed by atoms with Crippen LogP contribution in [0.2, 0.25) is 0 Å². The number of hydrogen-bond acceptors (Lipinski definition) is 2. The first kappa shape index (κ1) is 21.2. The minimum Gasteiger partial charge on any atom is -0.393 e. The number of hydrogen-bond donors (Lipinski definition) is 1. The van der Waals surface area contributed by atoms with Gasteiger partial charge in [0.15, 0.2) is 0 Å². The molecule has 3 aliphatic carbocycles. The molecule has 1 heterocycles. The van der Waals surface area contributed by atoms with Crippen molar-refractivity contribution in [2.24, 2.45) is 28.1 Å². The number of allylic oxidation sites excluding steroid dienone is 1. The number of aryl methyl sites for hydroxylation is 1. The van der Waals surface area contributed by atoms with Crippen molar-refractivity contribution in [3.63, 3.8) is 0 Å². The van der Waals surface area contributed by atoms with Crippen LogP contribution in [0.5, 0.6) is 0 Å². The van der Waals surface area contributed by atoms with Crippen molar-refractivity contribution in [3.8, 4) is 0 Å². The Kier molecular flexibility index (Phi) is 5.53. The minimum absolute atomic E-state index is 0.144. The van der Waals surface area contributed by atoms with Crippen LogP contribution >= 0.6 is 0 Å². The van der Waals surface area contributed by atoms with Crippen LogP contribution in [0.4, 0.5) is 0 Å². The van der Waals surface area contributed by atoms with Gasteiger partial charge in [0.2, 0.25) is 0 Å². The zero-order valence-corrected chi connectivity index (χ0v) is 19.0. The second kappa shape index (κ2) is 7.57. The lowest BCUT2D eigenvalue weighted by molar-refractivity contribution is -0.170. The summed E-state index contributed by atoms with van der Waals surface area (Å²) in [4.78, 5) is 0. The molecule has 0 saturated heterocycles. The minimum atomic E-state index is -0.144. The molecule has 1 N–H and O–H groups in total. The molecule has 7 unspecified atom stereocenters. The molecule has 3 aliphatic rings. The first-order chi connectivity index (χ1) is 13.7. The maximum atomic E-state index is 10.5. The zero-order chi connectivity index (χ0) is 20.9. The Bertz CT molecular complexity index is 727. The van der Waals surface area contributed by atoms with Gasteiger partial charge in [-0.3, -0.25) is 0 Å². The maximum Gasteiger partial charge on any atom is 0.0666 e. The van der Waals surface area contributed by atoms with E-state index in [1.807, 2.05) is 7.11 Å². The molecule has 29 heavy (non-hydrogen) atoms. The molecule has 3 nitrogen and oxygen atoms in total. The maximum absolute atomic E-state index is 10.5. The van der Waals surface area contributed by atoms with E-state index < -0.39 is 0 Å². The summed E-state index contributed by atoms with van der Waals surface area (Å²) in [5.74, 6) is 1.09. The van der Waals surface area contributed by atoms with E-state index in [0.29, 0.717) is 11.8 Å². The van der Waals surface area contributed by atoms with Crippen LogP contribution < -0.4 is 0 Å². The fourth-order valence-electron chi connectivity index (χ4n) is 7.58. The van der Waals surface area contributed by atoms with Gasteiger partial charge in [-0.05, 0) is 86.2 Å². The summed E-state index contributed by atoms with van der Waals surface area (Å²) in [6.45, 7) is 12.9. The van der Waals surface area contributed by atoms with Crippen LogP contribution in [0.3, 0.4) is 0 Å². The van der Waals surface area contributed by atoms with E-state index >= 15 is 0 Å². The second-order valence-electron chi connectivity index (χ2n) is 11.0. The molecule has 162 valence electrons. The largest absolute Gasteiger partial charge is 0.393 e. The molecular weight excluding hydrogens is 358 g/mol. The molecule has 0 radical (unpaired) electrons. The van der Waals surface area contributed by atoms with Gasteiger partial charge in [-0.2, -0.15) is 0 Å². The van der Waals surface area contributed by atoms with E-state index in [4.69, 9.17) is 4.74 Å². The highest BCUT2D eigenvalue weighted by Crippen LogP contribution is 2.67. The fourth-order valence-corrected chi connectivity index (χ4v) is 7.58. The van der Waals surface area contributed by atoms with Gasteiger partial charge in [-0.15, -0.1) is 0 Å². The van der Waals surface area contributed by atoms with Crippen LogP contribution in [-0.4, -0.2) is 29.0 Å². The van der Waals surface area contributed by atoms with Crippen LogP contribution in [-0.2, 0) is 11.3 Å². The normalized spacial score (nSPS) is 45.3. The summed E-state index contributed by atoms with van der Waals surface area (Å²) < 4.78 is 8.66. The molecule has 4 rings (SSSR count). The van der Waals surface area contributed by atoms with Crippen molar-refractivity contribution < 1.29 is 9.84 Å². The zero-order valence-electron chi connectivity index (χ0n) is 19.0. The van der Waals surface area contributed by atoms with E-state index in [2.05, 4.69) is 56.4 Å². The molecule has 3 saturated carbocycles. The van der Waals surface area contributed by atoms with Crippen LogP contribution in [0.25, 0.3) is 0 Å². The number of fused-ring (bicyclic) bond motifs is 1. The van der Waals surface area contributed by atoms with E-state index in [9.17, 15) is 5.11 Å². The molecule has 0 aliphatic heterocycles. The highest BCUT2D eigenvalue weighted by atomic mass is 16.5. The number of nitrogens with zero attached hydrogens (tertiary/aromatic N) is 1. The van der Waals surface area contributed by atoms with E-state index in [1.165, 1.54) is 24.8 Å². The lowest BCUT2D eigenvalue weighted by Crippen LogP contribution is -2.58. The van der Waals surface area contributed by atoms with Gasteiger partial charge in [0.1, 0.15) is 0 Å². The molecule has 3 heteroatoms. The first-order valence-corrected chi connectivity index (χ1v) is 11.7. The third-order valence-corrected chi connectivity index (χ3v) is 9.94. The summed E-state index contributed by atoms with van der Waals surface area (Å²) in [5, 5.41) is 10.5. The number of aromatic nitrogens is 1. The first-order valence-electron chi connectivity index (χ1n) is 11.7. The molecule has 7 atom stereocenters. The molecule has 0 amide bonds. The molecular formula is C26H41NO2. The average Bonchev–Trinajstić information content (AvgIpc) is 3.29. The predicted octanol–water partition coefficient (Wildman–Crippen LogP) is 5.83. The number of aliphatic hydroxyl groups is 1. The summed E-state index contributed by atoms with van der Waals surface area (Å²) in [5.41, 5.74) is 2.04. The highest BCUT2D eigenvalue weighted by Gasteiger charge is 2.63. The smallest absolute Gasteiger partial charge is 0.0666 e. The third-order valence-electron chi connectivity index (χ3n) is 9.94. The summed E-state index contributed by atoms with van der Waals surface area (Å²) in [7, 11) is 1.94. The summed E-state index contributed by atoms with van der Waals surface area (Å²) in [6, 6.07) is 4.21. The van der Waals surface area contributed by atoms with Gasteiger partial charge < -0.3 is 14.4 Å². The predicted molar refractivity (Wildman–Crippen MR) is 119 cm³/mol. The van der Waals surface area contributed by atoms with Gasteiger partial charge in [-0.1, -0.05) is 32.9 Å². The third kappa shape index (κ3) is 3.24. The van der Waals surface area contributed by atoms with Crippen molar-refractivity contribution in [1.82, 2.24) is 4.57 Å².